The van der Waals surface area contributed by atoms with E-state index < -0.39 is 10.0 Å². The first-order chi connectivity index (χ1) is 10.4. The van der Waals surface area contributed by atoms with E-state index in [-0.39, 0.29) is 0 Å². The van der Waals surface area contributed by atoms with Crippen molar-refractivity contribution in [1.82, 2.24) is 9.58 Å². The highest BCUT2D eigenvalue weighted by Crippen LogP contribution is 2.31. The van der Waals surface area contributed by atoms with Crippen molar-refractivity contribution in [2.24, 2.45) is 0 Å². The van der Waals surface area contributed by atoms with Crippen molar-refractivity contribution in [3.63, 3.8) is 0 Å². The van der Waals surface area contributed by atoms with E-state index in [0.29, 0.717) is 0 Å². The van der Waals surface area contributed by atoms with Crippen molar-refractivity contribution in [2.45, 2.75) is 6.42 Å². The Balaban J connectivity index is 2.17. The predicted octanol–water partition coefficient (Wildman–Crippen LogP) is 1.89. The summed E-state index contributed by atoms with van der Waals surface area (Å²) >= 11 is 0. The first-order valence-electron chi connectivity index (χ1n) is 7.30. The Hall–Kier alpha value is -1.79. The third-order valence-electron chi connectivity index (χ3n) is 4.23. The average Bonchev–Trinajstić information content (AvgIpc) is 2.86. The van der Waals surface area contributed by atoms with Crippen LogP contribution in [0.4, 0.5) is 0 Å². The van der Waals surface area contributed by atoms with Crippen LogP contribution in [0, 0.1) is 0 Å². The lowest BCUT2D eigenvalue weighted by molar-refractivity contribution is 0.370. The van der Waals surface area contributed by atoms with Crippen LogP contribution in [-0.2, 0) is 10.0 Å². The van der Waals surface area contributed by atoms with Gasteiger partial charge in [0.25, 0.3) is 0 Å². The minimum Gasteiger partial charge on any atom is -0.302 e. The molecule has 0 bridgehead atoms. The molecule has 0 spiro atoms. The van der Waals surface area contributed by atoms with Crippen LogP contribution in [0.25, 0.3) is 16.5 Å². The molecule has 1 aromatic carbocycles. The van der Waals surface area contributed by atoms with Crippen LogP contribution in [0.2, 0.25) is 0 Å². The van der Waals surface area contributed by atoms with Crippen molar-refractivity contribution in [3.8, 4) is 0 Å². The second kappa shape index (κ2) is 5.44. The van der Waals surface area contributed by atoms with Gasteiger partial charge < -0.3 is 4.90 Å². The first-order valence-corrected chi connectivity index (χ1v) is 9.15. The van der Waals surface area contributed by atoms with Gasteiger partial charge in [-0.25, -0.2) is 12.8 Å². The summed E-state index contributed by atoms with van der Waals surface area (Å²) in [6, 6.07) is 7.93. The van der Waals surface area contributed by atoms with Gasteiger partial charge in [-0.15, -0.1) is 0 Å². The number of rotatable bonds is 3. The Bertz CT molecular complexity index is 836. The highest BCUT2D eigenvalue weighted by molar-refractivity contribution is 7.91. The zero-order chi connectivity index (χ0) is 15.9. The van der Waals surface area contributed by atoms with E-state index in [1.54, 1.807) is 11.7 Å². The summed E-state index contributed by atoms with van der Waals surface area (Å²) in [4.78, 5) is 2.27. The quantitative estimate of drug-likeness (QED) is 0.868. The van der Waals surface area contributed by atoms with Crippen LogP contribution in [0.5, 0.6) is 0 Å². The molecule has 1 aromatic heterocycles. The normalized spacial score (nSPS) is 16.8. The second-order valence-corrected chi connectivity index (χ2v) is 7.84. The molecule has 0 unspecified atom stereocenters. The van der Waals surface area contributed by atoms with Crippen LogP contribution in [0.1, 0.15) is 12.0 Å². The maximum atomic E-state index is 11.9. The molecule has 0 radical (unpaired) electrons. The fraction of sp³-hybridized carbons (Fsp3) is 0.375. The summed E-state index contributed by atoms with van der Waals surface area (Å²) in [7, 11) is 0.378. The molecule has 2 aromatic rings. The monoisotopic (exact) mass is 319 g/mol. The lowest BCUT2D eigenvalue weighted by atomic mass is 9.99. The van der Waals surface area contributed by atoms with E-state index in [9.17, 15) is 8.42 Å². The van der Waals surface area contributed by atoms with E-state index in [1.807, 2.05) is 24.4 Å². The molecule has 5 nitrogen and oxygen atoms in total. The Labute approximate surface area is 131 Å². The zero-order valence-electron chi connectivity index (χ0n) is 13.2. The Kier molecular flexibility index (Phi) is 3.74. The standard InChI is InChI=1S/C16H21N3O2S/c1-17-10-8-13(9-11-17)15-12-19(18(2)22(3,20)21)16-7-5-4-6-14(15)16/h4-8,12H,9-11H2,1-3H3. The smallest absolute Gasteiger partial charge is 0.245 e. The molecule has 0 fully saturated rings. The zero-order valence-corrected chi connectivity index (χ0v) is 14.0. The molecule has 0 atom stereocenters. The SMILES string of the molecule is CN1CC=C(c2cn(N(C)S(C)(=O)=O)c3ccccc23)CC1. The molecule has 0 saturated heterocycles. The summed E-state index contributed by atoms with van der Waals surface area (Å²) in [6.07, 6.45) is 6.36. The first kappa shape index (κ1) is 15.1. The number of hydrogen-bond donors (Lipinski definition) is 0. The van der Waals surface area contributed by atoms with E-state index in [2.05, 4.69) is 24.1 Å². The second-order valence-electron chi connectivity index (χ2n) is 5.84. The summed E-state index contributed by atoms with van der Waals surface area (Å²) in [6.45, 7) is 1.95. The number of benzene rings is 1. The molecular formula is C16H21N3O2S. The van der Waals surface area contributed by atoms with Crippen LogP contribution < -0.4 is 4.41 Å². The molecule has 3 rings (SSSR count). The molecular weight excluding hydrogens is 298 g/mol. The number of aromatic nitrogens is 1. The molecule has 1 aliphatic rings. The highest BCUT2D eigenvalue weighted by atomic mass is 32.2. The Morgan fingerprint density at radius 1 is 1.23 bits per heavy atom. The van der Waals surface area contributed by atoms with Crippen LogP contribution in [0.15, 0.2) is 36.5 Å². The molecule has 22 heavy (non-hydrogen) atoms. The number of likely N-dealkylation sites (N-methyl/N-ethyl adjacent to an activating group) is 1. The third-order valence-corrected chi connectivity index (χ3v) is 5.37. The van der Waals surface area contributed by atoms with Gasteiger partial charge in [0.15, 0.2) is 0 Å². The number of para-hydroxylation sites is 1. The molecule has 6 heteroatoms. The number of nitrogens with zero attached hydrogens (tertiary/aromatic N) is 3. The summed E-state index contributed by atoms with van der Waals surface area (Å²) in [5.74, 6) is 0. The Morgan fingerprint density at radius 2 is 1.95 bits per heavy atom. The van der Waals surface area contributed by atoms with Crippen molar-refractivity contribution < 1.29 is 8.42 Å². The van der Waals surface area contributed by atoms with Gasteiger partial charge in [0, 0.05) is 37.3 Å². The molecule has 0 saturated carbocycles. The van der Waals surface area contributed by atoms with Gasteiger partial charge in [0.1, 0.15) is 0 Å². The van der Waals surface area contributed by atoms with Gasteiger partial charge >= 0.3 is 0 Å². The summed E-state index contributed by atoms with van der Waals surface area (Å²) < 4.78 is 26.8. The Morgan fingerprint density at radius 3 is 2.59 bits per heavy atom. The van der Waals surface area contributed by atoms with Gasteiger partial charge in [-0.3, -0.25) is 4.68 Å². The molecule has 118 valence electrons. The van der Waals surface area contributed by atoms with Crippen LogP contribution in [0.3, 0.4) is 0 Å². The minimum atomic E-state index is -3.30. The molecule has 0 aliphatic carbocycles. The van der Waals surface area contributed by atoms with Crippen LogP contribution in [-0.4, -0.2) is 51.4 Å². The lowest BCUT2D eigenvalue weighted by Crippen LogP contribution is -2.34. The van der Waals surface area contributed by atoms with E-state index >= 15 is 0 Å². The van der Waals surface area contributed by atoms with Crippen molar-refractivity contribution >= 4 is 26.5 Å². The average molecular weight is 319 g/mol. The van der Waals surface area contributed by atoms with Gasteiger partial charge in [0.2, 0.25) is 10.0 Å². The molecule has 0 amide bonds. The van der Waals surface area contributed by atoms with Gasteiger partial charge in [-0.1, -0.05) is 24.3 Å². The maximum Gasteiger partial charge on any atom is 0.245 e. The van der Waals surface area contributed by atoms with Crippen LogP contribution >= 0.6 is 0 Å². The summed E-state index contributed by atoms with van der Waals surface area (Å²) in [5, 5.41) is 1.09. The fourth-order valence-electron chi connectivity index (χ4n) is 2.83. The van der Waals surface area contributed by atoms with Gasteiger partial charge in [-0.2, -0.15) is 0 Å². The van der Waals surface area contributed by atoms with Crippen molar-refractivity contribution in [2.75, 3.05) is 37.9 Å². The third kappa shape index (κ3) is 2.64. The largest absolute Gasteiger partial charge is 0.302 e. The van der Waals surface area contributed by atoms with E-state index in [4.69, 9.17) is 0 Å². The van der Waals surface area contributed by atoms with Crippen molar-refractivity contribution in [1.29, 1.82) is 0 Å². The maximum absolute atomic E-state index is 11.9. The molecule has 2 heterocycles. The van der Waals surface area contributed by atoms with Crippen molar-refractivity contribution in [3.05, 3.63) is 42.1 Å². The highest BCUT2D eigenvalue weighted by Gasteiger charge is 2.19. The summed E-state index contributed by atoms with van der Waals surface area (Å²) in [5.41, 5.74) is 3.32. The topological polar surface area (TPSA) is 45.5 Å². The minimum absolute atomic E-state index is 0.908. The van der Waals surface area contributed by atoms with E-state index in [1.165, 1.54) is 16.2 Å². The fourth-order valence-corrected chi connectivity index (χ4v) is 3.28. The lowest BCUT2D eigenvalue weighted by Gasteiger charge is -2.22. The van der Waals surface area contributed by atoms with Gasteiger partial charge in [0.05, 0.1) is 11.8 Å². The van der Waals surface area contributed by atoms with Gasteiger partial charge in [-0.05, 0) is 25.1 Å². The van der Waals surface area contributed by atoms with E-state index in [0.717, 1.165) is 36.0 Å². The number of hydrogen-bond acceptors (Lipinski definition) is 3. The predicted molar refractivity (Wildman–Crippen MR) is 91.0 cm³/mol. The number of fused-ring (bicyclic) bond motifs is 1. The number of sulfonamides is 1. The molecule has 1 aliphatic heterocycles. The molecule has 0 N–H and O–H groups in total.